The van der Waals surface area contributed by atoms with Gasteiger partial charge in [-0.2, -0.15) is 0 Å². The van der Waals surface area contributed by atoms with Gasteiger partial charge >= 0.3 is 0 Å². The molecule has 0 N–H and O–H groups in total. The van der Waals surface area contributed by atoms with E-state index in [-0.39, 0.29) is 0 Å². The second-order valence-electron chi connectivity index (χ2n) is 3.18. The van der Waals surface area contributed by atoms with Crippen molar-refractivity contribution in [2.24, 2.45) is 11.8 Å². The van der Waals surface area contributed by atoms with E-state index in [1.165, 1.54) is 12.3 Å². The van der Waals surface area contributed by atoms with Gasteiger partial charge in [0.25, 0.3) is 0 Å². The summed E-state index contributed by atoms with van der Waals surface area (Å²) in [6, 6.07) is 0. The summed E-state index contributed by atoms with van der Waals surface area (Å²) in [5, 5.41) is 0. The monoisotopic (exact) mass is 130 g/mol. The Morgan fingerprint density at radius 1 is 1.12 bits per heavy atom. The summed E-state index contributed by atoms with van der Waals surface area (Å²) >= 11 is 0. The molecule has 1 fully saturated rings. The van der Waals surface area contributed by atoms with Crippen LogP contribution in [0, 0.1) is 11.8 Å². The average molecular weight is 130 g/mol. The molecule has 0 bridgehead atoms. The van der Waals surface area contributed by atoms with Gasteiger partial charge in [0.1, 0.15) is 0 Å². The van der Waals surface area contributed by atoms with Crippen LogP contribution in [-0.4, -0.2) is 19.0 Å². The smallest absolute Gasteiger partial charge is 0.0300 e. The van der Waals surface area contributed by atoms with E-state index in [1.807, 2.05) is 0 Å². The standard InChI is InChI=1S/C7H15P/c1-6-4-8(3)5-7(6)2/h6-7H,4-5H2,1-3H3. The maximum absolute atomic E-state index is 2.43. The molecule has 8 heavy (non-hydrogen) atoms. The van der Waals surface area contributed by atoms with E-state index >= 15 is 0 Å². The Morgan fingerprint density at radius 2 is 1.50 bits per heavy atom. The predicted molar refractivity (Wildman–Crippen MR) is 40.9 cm³/mol. The first-order valence-electron chi connectivity index (χ1n) is 3.38. The molecule has 1 saturated heterocycles. The number of hydrogen-bond acceptors (Lipinski definition) is 0. The summed E-state index contributed by atoms with van der Waals surface area (Å²) < 4.78 is 0. The zero-order valence-electron chi connectivity index (χ0n) is 6.02. The SMILES string of the molecule is CC1CP(C)CC1C. The quantitative estimate of drug-likeness (QED) is 0.442. The summed E-state index contributed by atoms with van der Waals surface area (Å²) in [5.74, 6) is 2.04. The molecule has 0 amide bonds. The van der Waals surface area contributed by atoms with E-state index in [9.17, 15) is 0 Å². The fourth-order valence-corrected chi connectivity index (χ4v) is 4.25. The Hall–Kier alpha value is 0.430. The highest BCUT2D eigenvalue weighted by Crippen LogP contribution is 2.45. The van der Waals surface area contributed by atoms with Crippen LogP contribution in [0.5, 0.6) is 0 Å². The lowest BCUT2D eigenvalue weighted by molar-refractivity contribution is 0.494. The van der Waals surface area contributed by atoms with Crippen molar-refractivity contribution >= 4 is 7.92 Å². The number of hydrogen-bond donors (Lipinski definition) is 0. The van der Waals surface area contributed by atoms with E-state index < -0.39 is 0 Å². The molecule has 0 saturated carbocycles. The van der Waals surface area contributed by atoms with Crippen molar-refractivity contribution < 1.29 is 0 Å². The van der Waals surface area contributed by atoms with E-state index in [1.54, 1.807) is 0 Å². The van der Waals surface area contributed by atoms with Crippen molar-refractivity contribution in [3.8, 4) is 0 Å². The van der Waals surface area contributed by atoms with Gasteiger partial charge in [-0.25, -0.2) is 0 Å². The van der Waals surface area contributed by atoms with Gasteiger partial charge in [0, 0.05) is 0 Å². The van der Waals surface area contributed by atoms with Gasteiger partial charge in [-0.05, 0) is 30.8 Å². The van der Waals surface area contributed by atoms with Crippen LogP contribution in [0.4, 0.5) is 0 Å². The van der Waals surface area contributed by atoms with Crippen LogP contribution in [-0.2, 0) is 0 Å². The molecule has 0 nitrogen and oxygen atoms in total. The van der Waals surface area contributed by atoms with Gasteiger partial charge in [-0.1, -0.05) is 13.8 Å². The fourth-order valence-electron chi connectivity index (χ4n) is 1.42. The molecule has 0 radical (unpaired) electrons. The summed E-state index contributed by atoms with van der Waals surface area (Å²) in [5.41, 5.74) is 0. The van der Waals surface area contributed by atoms with E-state index in [0.717, 1.165) is 11.8 Å². The highest BCUT2D eigenvalue weighted by atomic mass is 31.1. The minimum atomic E-state index is 0.456. The van der Waals surface area contributed by atoms with Crippen molar-refractivity contribution in [3.63, 3.8) is 0 Å². The lowest BCUT2D eigenvalue weighted by Gasteiger charge is -2.04. The van der Waals surface area contributed by atoms with Crippen molar-refractivity contribution in [3.05, 3.63) is 0 Å². The summed E-state index contributed by atoms with van der Waals surface area (Å²) in [4.78, 5) is 0. The normalized spacial score (nSPS) is 47.6. The van der Waals surface area contributed by atoms with Crippen LogP contribution >= 0.6 is 7.92 Å². The third-order valence-electron chi connectivity index (χ3n) is 2.17. The van der Waals surface area contributed by atoms with Crippen LogP contribution in [0.25, 0.3) is 0 Å². The van der Waals surface area contributed by atoms with Crippen LogP contribution in [0.1, 0.15) is 13.8 Å². The van der Waals surface area contributed by atoms with E-state index in [0.29, 0.717) is 7.92 Å². The molecule has 48 valence electrons. The van der Waals surface area contributed by atoms with Gasteiger partial charge in [0.15, 0.2) is 0 Å². The Balaban J connectivity index is 2.39. The molecule has 0 aliphatic carbocycles. The van der Waals surface area contributed by atoms with Gasteiger partial charge in [0.05, 0.1) is 0 Å². The second kappa shape index (κ2) is 2.35. The molecule has 2 atom stereocenters. The lowest BCUT2D eigenvalue weighted by Crippen LogP contribution is -2.01. The average Bonchev–Trinajstić information content (AvgIpc) is 1.85. The van der Waals surface area contributed by atoms with Gasteiger partial charge in [0.2, 0.25) is 0 Å². The van der Waals surface area contributed by atoms with Gasteiger partial charge in [-0.15, -0.1) is 7.92 Å². The third-order valence-corrected chi connectivity index (χ3v) is 4.57. The molecule has 2 unspecified atom stereocenters. The minimum absolute atomic E-state index is 0.456. The first-order valence-corrected chi connectivity index (χ1v) is 5.54. The maximum atomic E-state index is 2.43. The molecule has 0 spiro atoms. The topological polar surface area (TPSA) is 0 Å². The highest BCUT2D eigenvalue weighted by molar-refractivity contribution is 7.57. The molecule has 1 aliphatic rings. The molecule has 0 aromatic heterocycles. The first-order chi connectivity index (χ1) is 3.70. The molecule has 1 rings (SSSR count). The molecule has 1 heterocycles. The van der Waals surface area contributed by atoms with Crippen LogP contribution < -0.4 is 0 Å². The van der Waals surface area contributed by atoms with Crippen LogP contribution in [0.3, 0.4) is 0 Å². The Labute approximate surface area is 53.4 Å². The predicted octanol–water partition coefficient (Wildman–Crippen LogP) is 2.38. The number of rotatable bonds is 0. The highest BCUT2D eigenvalue weighted by Gasteiger charge is 2.23. The van der Waals surface area contributed by atoms with E-state index in [4.69, 9.17) is 0 Å². The lowest BCUT2D eigenvalue weighted by atomic mass is 10.0. The zero-order chi connectivity index (χ0) is 6.15. The maximum Gasteiger partial charge on any atom is -0.0300 e. The van der Waals surface area contributed by atoms with Crippen molar-refractivity contribution in [2.75, 3.05) is 19.0 Å². The minimum Gasteiger partial charge on any atom is -0.109 e. The van der Waals surface area contributed by atoms with Crippen molar-refractivity contribution in [1.29, 1.82) is 0 Å². The largest absolute Gasteiger partial charge is 0.109 e. The molecule has 0 aromatic carbocycles. The molecule has 1 aliphatic heterocycles. The van der Waals surface area contributed by atoms with Crippen LogP contribution in [0.15, 0.2) is 0 Å². The van der Waals surface area contributed by atoms with E-state index in [2.05, 4.69) is 20.5 Å². The summed E-state index contributed by atoms with van der Waals surface area (Å²) in [6.45, 7) is 7.20. The molecule has 1 heteroatoms. The summed E-state index contributed by atoms with van der Waals surface area (Å²) in [6.07, 6.45) is 3.05. The van der Waals surface area contributed by atoms with Crippen molar-refractivity contribution in [2.45, 2.75) is 13.8 Å². The third kappa shape index (κ3) is 1.23. The van der Waals surface area contributed by atoms with Gasteiger partial charge < -0.3 is 0 Å². The Morgan fingerprint density at radius 3 is 1.62 bits per heavy atom. The Kier molecular flexibility index (Phi) is 1.92. The zero-order valence-corrected chi connectivity index (χ0v) is 6.91. The van der Waals surface area contributed by atoms with Crippen molar-refractivity contribution in [1.82, 2.24) is 0 Å². The molecular formula is C7H15P. The second-order valence-corrected chi connectivity index (χ2v) is 5.62. The molecule has 0 aromatic rings. The fraction of sp³-hybridized carbons (Fsp3) is 1.00. The molecular weight excluding hydrogens is 115 g/mol. The first kappa shape index (κ1) is 6.55. The Bertz CT molecular complexity index is 70.5. The van der Waals surface area contributed by atoms with Crippen LogP contribution in [0.2, 0.25) is 0 Å². The summed E-state index contributed by atoms with van der Waals surface area (Å²) in [7, 11) is 0.456. The van der Waals surface area contributed by atoms with Gasteiger partial charge in [-0.3, -0.25) is 0 Å².